The normalized spacial score (nSPS) is 23.2. The summed E-state index contributed by atoms with van der Waals surface area (Å²) in [4.78, 5) is 0. The number of hydrogen-bond donors (Lipinski definition) is 0. The number of nitrogens with zero attached hydrogens (tertiary/aromatic N) is 1. The van der Waals surface area contributed by atoms with E-state index < -0.39 is 0 Å². The summed E-state index contributed by atoms with van der Waals surface area (Å²) >= 11 is 0. The van der Waals surface area contributed by atoms with Crippen LogP contribution in [0.2, 0.25) is 0 Å². The first kappa shape index (κ1) is 7.34. The molecule has 0 atom stereocenters. The third kappa shape index (κ3) is 1.21. The minimum Gasteiger partial charge on any atom is -0.197 e. The van der Waals surface area contributed by atoms with E-state index in [2.05, 4.69) is 12.1 Å². The highest BCUT2D eigenvalue weighted by molar-refractivity contribution is 5.13. The van der Waals surface area contributed by atoms with Gasteiger partial charge in [-0.1, -0.05) is 25.0 Å². The molecule has 0 aromatic heterocycles. The predicted molar refractivity (Wildman–Crippen MR) is 41.3 cm³/mol. The summed E-state index contributed by atoms with van der Waals surface area (Å²) in [6.45, 7) is 1.98. The predicted octanol–water partition coefficient (Wildman–Crippen LogP) is 2.65. The second-order valence-electron chi connectivity index (χ2n) is 2.98. The van der Waals surface area contributed by atoms with Gasteiger partial charge in [-0.25, -0.2) is 0 Å². The van der Waals surface area contributed by atoms with Gasteiger partial charge in [0, 0.05) is 0 Å². The monoisotopic (exact) mass is 135 g/mol. The molecule has 1 saturated carbocycles. The molecular weight excluding hydrogens is 122 g/mol. The molecule has 0 heterocycles. The van der Waals surface area contributed by atoms with Crippen molar-refractivity contribution < 1.29 is 0 Å². The fourth-order valence-electron chi connectivity index (χ4n) is 1.64. The first-order valence-electron chi connectivity index (χ1n) is 3.88. The van der Waals surface area contributed by atoms with Crippen LogP contribution in [0.5, 0.6) is 0 Å². The third-order valence-electron chi connectivity index (χ3n) is 2.20. The van der Waals surface area contributed by atoms with Crippen LogP contribution in [0.1, 0.15) is 32.6 Å². The molecule has 0 aromatic carbocycles. The Morgan fingerprint density at radius 2 is 2.00 bits per heavy atom. The fourth-order valence-corrected chi connectivity index (χ4v) is 1.64. The largest absolute Gasteiger partial charge is 0.197 e. The van der Waals surface area contributed by atoms with Crippen molar-refractivity contribution in [2.45, 2.75) is 32.6 Å². The van der Waals surface area contributed by atoms with E-state index in [9.17, 15) is 0 Å². The van der Waals surface area contributed by atoms with Crippen molar-refractivity contribution in [1.82, 2.24) is 0 Å². The van der Waals surface area contributed by atoms with E-state index in [1.54, 1.807) is 0 Å². The first-order chi connectivity index (χ1) is 4.83. The van der Waals surface area contributed by atoms with E-state index in [1.807, 2.05) is 13.0 Å². The van der Waals surface area contributed by atoms with Crippen molar-refractivity contribution in [2.24, 2.45) is 5.41 Å². The average Bonchev–Trinajstić information content (AvgIpc) is 2.39. The first-order valence-corrected chi connectivity index (χ1v) is 3.88. The van der Waals surface area contributed by atoms with Gasteiger partial charge in [0.25, 0.3) is 0 Å². The molecule has 0 N–H and O–H groups in total. The van der Waals surface area contributed by atoms with Crippen molar-refractivity contribution in [2.75, 3.05) is 0 Å². The zero-order valence-electron chi connectivity index (χ0n) is 6.43. The van der Waals surface area contributed by atoms with Crippen LogP contribution >= 0.6 is 0 Å². The van der Waals surface area contributed by atoms with Gasteiger partial charge >= 0.3 is 0 Å². The fraction of sp³-hybridized carbons (Fsp3) is 0.667. The standard InChI is InChI=1S/C9H13N/c1-2-5-9(8-10)6-3-4-7-9/h2,5H,3-4,6-7H2,1H3/b5-2+. The van der Waals surface area contributed by atoms with E-state index in [0.29, 0.717) is 0 Å². The van der Waals surface area contributed by atoms with Crippen LogP contribution in [0.4, 0.5) is 0 Å². The number of rotatable bonds is 1. The molecule has 0 spiro atoms. The maximum atomic E-state index is 8.85. The van der Waals surface area contributed by atoms with Crippen LogP contribution in [0.25, 0.3) is 0 Å². The van der Waals surface area contributed by atoms with E-state index in [0.717, 1.165) is 12.8 Å². The third-order valence-corrected chi connectivity index (χ3v) is 2.20. The minimum absolute atomic E-state index is 0.0885. The molecule has 1 aliphatic rings. The second kappa shape index (κ2) is 2.88. The molecule has 1 heteroatoms. The average molecular weight is 135 g/mol. The van der Waals surface area contributed by atoms with Gasteiger partial charge in [0.15, 0.2) is 0 Å². The Morgan fingerprint density at radius 3 is 2.40 bits per heavy atom. The molecule has 1 rings (SSSR count). The van der Waals surface area contributed by atoms with Gasteiger partial charge in [-0.3, -0.25) is 0 Å². The van der Waals surface area contributed by atoms with Crippen molar-refractivity contribution in [1.29, 1.82) is 5.26 Å². The van der Waals surface area contributed by atoms with Gasteiger partial charge < -0.3 is 0 Å². The second-order valence-corrected chi connectivity index (χ2v) is 2.98. The highest BCUT2D eigenvalue weighted by Crippen LogP contribution is 2.38. The molecule has 0 saturated heterocycles. The lowest BCUT2D eigenvalue weighted by Crippen LogP contribution is -2.08. The molecular formula is C9H13N. The van der Waals surface area contributed by atoms with E-state index >= 15 is 0 Å². The zero-order valence-corrected chi connectivity index (χ0v) is 6.43. The molecule has 1 aliphatic carbocycles. The van der Waals surface area contributed by atoms with E-state index in [-0.39, 0.29) is 5.41 Å². The molecule has 0 amide bonds. The van der Waals surface area contributed by atoms with Gasteiger partial charge in [-0.2, -0.15) is 5.26 Å². The van der Waals surface area contributed by atoms with Gasteiger partial charge in [0.2, 0.25) is 0 Å². The van der Waals surface area contributed by atoms with Gasteiger partial charge in [-0.05, 0) is 19.8 Å². The molecule has 1 nitrogen and oxygen atoms in total. The Hall–Kier alpha value is -0.770. The van der Waals surface area contributed by atoms with Gasteiger partial charge in [0.05, 0.1) is 11.5 Å². The Balaban J connectivity index is 2.69. The maximum absolute atomic E-state index is 8.85. The van der Waals surface area contributed by atoms with Crippen LogP contribution in [0.15, 0.2) is 12.2 Å². The van der Waals surface area contributed by atoms with Crippen LogP contribution in [-0.4, -0.2) is 0 Å². The van der Waals surface area contributed by atoms with Crippen molar-refractivity contribution in [3.05, 3.63) is 12.2 Å². The Kier molecular flexibility index (Phi) is 2.11. The number of nitriles is 1. The lowest BCUT2D eigenvalue weighted by molar-refractivity contribution is 0.530. The highest BCUT2D eigenvalue weighted by atomic mass is 14.4. The lowest BCUT2D eigenvalue weighted by Gasteiger charge is -2.12. The number of allylic oxidation sites excluding steroid dienone is 2. The summed E-state index contributed by atoms with van der Waals surface area (Å²) in [5, 5.41) is 8.85. The summed E-state index contributed by atoms with van der Waals surface area (Å²) in [5.41, 5.74) is -0.0885. The van der Waals surface area contributed by atoms with E-state index in [1.165, 1.54) is 12.8 Å². The summed E-state index contributed by atoms with van der Waals surface area (Å²) < 4.78 is 0. The van der Waals surface area contributed by atoms with Crippen molar-refractivity contribution in [3.8, 4) is 6.07 Å². The number of hydrogen-bond acceptors (Lipinski definition) is 1. The molecule has 10 heavy (non-hydrogen) atoms. The van der Waals surface area contributed by atoms with Crippen molar-refractivity contribution >= 4 is 0 Å². The summed E-state index contributed by atoms with van der Waals surface area (Å²) in [6, 6.07) is 2.39. The molecule has 0 unspecified atom stereocenters. The summed E-state index contributed by atoms with van der Waals surface area (Å²) in [5.74, 6) is 0. The molecule has 0 aliphatic heterocycles. The molecule has 1 fully saturated rings. The van der Waals surface area contributed by atoms with Crippen LogP contribution in [0, 0.1) is 16.7 Å². The highest BCUT2D eigenvalue weighted by Gasteiger charge is 2.30. The minimum atomic E-state index is -0.0885. The Morgan fingerprint density at radius 1 is 1.40 bits per heavy atom. The zero-order chi connectivity index (χ0) is 7.45. The lowest BCUT2D eigenvalue weighted by atomic mass is 9.88. The van der Waals surface area contributed by atoms with Crippen LogP contribution < -0.4 is 0 Å². The van der Waals surface area contributed by atoms with Crippen LogP contribution in [-0.2, 0) is 0 Å². The molecule has 0 bridgehead atoms. The summed E-state index contributed by atoms with van der Waals surface area (Å²) in [7, 11) is 0. The van der Waals surface area contributed by atoms with Gasteiger partial charge in [-0.15, -0.1) is 0 Å². The maximum Gasteiger partial charge on any atom is 0.0753 e. The Bertz CT molecular complexity index is 168. The smallest absolute Gasteiger partial charge is 0.0753 e. The van der Waals surface area contributed by atoms with Gasteiger partial charge in [0.1, 0.15) is 0 Å². The van der Waals surface area contributed by atoms with E-state index in [4.69, 9.17) is 5.26 Å². The molecule has 0 radical (unpaired) electrons. The van der Waals surface area contributed by atoms with Crippen molar-refractivity contribution in [3.63, 3.8) is 0 Å². The quantitative estimate of drug-likeness (QED) is 0.507. The molecule has 54 valence electrons. The SMILES string of the molecule is C/C=C/C1(C#N)CCCC1. The van der Waals surface area contributed by atoms with Crippen LogP contribution in [0.3, 0.4) is 0 Å². The topological polar surface area (TPSA) is 23.8 Å². The molecule has 0 aromatic rings. The Labute approximate surface area is 62.4 Å². The summed E-state index contributed by atoms with van der Waals surface area (Å²) in [6.07, 6.45) is 8.62.